The Morgan fingerprint density at radius 1 is 1.00 bits per heavy atom. The largest absolute Gasteiger partial charge is 0.358 e. The van der Waals surface area contributed by atoms with Crippen molar-refractivity contribution in [2.24, 2.45) is 11.8 Å². The molecular weight excluding hydrogens is 268 g/mol. The molecule has 0 bridgehead atoms. The van der Waals surface area contributed by atoms with Gasteiger partial charge in [-0.05, 0) is 0 Å². The predicted octanol–water partition coefficient (Wildman–Crippen LogP) is 2.13. The van der Waals surface area contributed by atoms with Crippen LogP contribution in [0.5, 0.6) is 0 Å². The maximum absolute atomic E-state index is 3.85. The molecule has 0 unspecified atom stereocenters. The SMILES string of the molecule is [CH2-]C1CC([CH2-])C1.[CH3-].[W]. The molecule has 0 amide bonds. The molecule has 50 valence electrons. The van der Waals surface area contributed by atoms with Crippen LogP contribution in [0.1, 0.15) is 12.8 Å². The molecule has 0 N–H and O–H groups in total. The van der Waals surface area contributed by atoms with Gasteiger partial charge in [0.2, 0.25) is 0 Å². The zero-order chi connectivity index (χ0) is 4.57. The van der Waals surface area contributed by atoms with Crippen molar-refractivity contribution in [3.05, 3.63) is 21.3 Å². The van der Waals surface area contributed by atoms with Gasteiger partial charge in [0.15, 0.2) is 0 Å². The van der Waals surface area contributed by atoms with Gasteiger partial charge in [0.25, 0.3) is 0 Å². The van der Waals surface area contributed by atoms with E-state index in [2.05, 4.69) is 13.8 Å². The standard InChI is InChI=1S/C6H10.CH3.W/c1-5-3-6(2)4-5;;/h5-6H,1-4H2;1H3;/q-2;-1;. The number of hydrogen-bond acceptors (Lipinski definition) is 0. The summed E-state index contributed by atoms with van der Waals surface area (Å²) in [5.41, 5.74) is 0. The molecular formula is C7H13W-3. The first-order valence-electron chi connectivity index (χ1n) is 2.45. The first kappa shape index (κ1) is 11.5. The van der Waals surface area contributed by atoms with Crippen LogP contribution in [-0.4, -0.2) is 0 Å². The fourth-order valence-corrected chi connectivity index (χ4v) is 0.874. The maximum atomic E-state index is 3.85. The van der Waals surface area contributed by atoms with E-state index in [4.69, 9.17) is 0 Å². The van der Waals surface area contributed by atoms with E-state index in [1.165, 1.54) is 12.8 Å². The van der Waals surface area contributed by atoms with E-state index in [0.717, 1.165) is 11.8 Å². The zero-order valence-corrected chi connectivity index (χ0v) is 8.32. The summed E-state index contributed by atoms with van der Waals surface area (Å²) in [4.78, 5) is 0. The Morgan fingerprint density at radius 2 is 1.25 bits per heavy atom. The predicted molar refractivity (Wildman–Crippen MR) is 33.3 cm³/mol. The third-order valence-electron chi connectivity index (χ3n) is 1.33. The smallest absolute Gasteiger partial charge is 0 e. The molecule has 1 aliphatic rings. The van der Waals surface area contributed by atoms with Gasteiger partial charge >= 0.3 is 0 Å². The van der Waals surface area contributed by atoms with Crippen molar-refractivity contribution in [1.82, 2.24) is 0 Å². The molecule has 8 heavy (non-hydrogen) atoms. The Bertz CT molecular complexity index is 40.3. The fourth-order valence-electron chi connectivity index (χ4n) is 0.874. The number of hydrogen-bond donors (Lipinski definition) is 0. The van der Waals surface area contributed by atoms with Crippen molar-refractivity contribution in [2.75, 3.05) is 0 Å². The van der Waals surface area contributed by atoms with Gasteiger partial charge in [-0.15, -0.1) is 12.8 Å². The summed E-state index contributed by atoms with van der Waals surface area (Å²) in [6.45, 7) is 7.71. The summed E-state index contributed by atoms with van der Waals surface area (Å²) in [6.07, 6.45) is 2.50. The molecule has 0 saturated heterocycles. The zero-order valence-electron chi connectivity index (χ0n) is 5.39. The van der Waals surface area contributed by atoms with Crippen molar-refractivity contribution in [3.8, 4) is 0 Å². The van der Waals surface area contributed by atoms with Crippen LogP contribution in [0.4, 0.5) is 0 Å². The van der Waals surface area contributed by atoms with E-state index in [1.807, 2.05) is 0 Å². The molecule has 0 atom stereocenters. The summed E-state index contributed by atoms with van der Waals surface area (Å²) in [6, 6.07) is 0. The molecule has 1 heteroatoms. The molecule has 0 aromatic heterocycles. The molecule has 1 aliphatic carbocycles. The fraction of sp³-hybridized carbons (Fsp3) is 0.571. The average Bonchev–Trinajstić information content (AvgIpc) is 1.33. The van der Waals surface area contributed by atoms with Crippen molar-refractivity contribution in [3.63, 3.8) is 0 Å². The molecule has 0 nitrogen and oxygen atoms in total. The van der Waals surface area contributed by atoms with Crippen LogP contribution in [0.25, 0.3) is 0 Å². The van der Waals surface area contributed by atoms with Crippen LogP contribution >= 0.6 is 0 Å². The van der Waals surface area contributed by atoms with Crippen LogP contribution in [0.2, 0.25) is 0 Å². The average molecular weight is 281 g/mol. The molecule has 0 radical (unpaired) electrons. The molecule has 0 spiro atoms. The second-order valence-corrected chi connectivity index (χ2v) is 2.20. The van der Waals surface area contributed by atoms with Gasteiger partial charge in [-0.3, -0.25) is 0 Å². The Balaban J connectivity index is 0. The maximum Gasteiger partial charge on any atom is 0 e. The van der Waals surface area contributed by atoms with E-state index >= 15 is 0 Å². The summed E-state index contributed by atoms with van der Waals surface area (Å²) in [7, 11) is 0. The van der Waals surface area contributed by atoms with E-state index in [1.54, 1.807) is 0 Å². The molecule has 0 aromatic carbocycles. The van der Waals surface area contributed by atoms with Crippen molar-refractivity contribution in [1.29, 1.82) is 0 Å². The molecule has 0 aliphatic heterocycles. The van der Waals surface area contributed by atoms with Crippen LogP contribution in [-0.2, 0) is 21.1 Å². The Labute approximate surface area is 67.3 Å². The van der Waals surface area contributed by atoms with Crippen molar-refractivity contribution < 1.29 is 21.1 Å². The minimum absolute atomic E-state index is 0. The van der Waals surface area contributed by atoms with Crippen LogP contribution in [0, 0.1) is 33.1 Å². The Morgan fingerprint density at radius 3 is 1.25 bits per heavy atom. The molecule has 1 saturated carbocycles. The Hall–Kier alpha value is 0.688. The van der Waals surface area contributed by atoms with Crippen LogP contribution < -0.4 is 0 Å². The minimum atomic E-state index is 0. The van der Waals surface area contributed by atoms with E-state index in [9.17, 15) is 0 Å². The van der Waals surface area contributed by atoms with Gasteiger partial charge in [0.1, 0.15) is 0 Å². The van der Waals surface area contributed by atoms with Crippen molar-refractivity contribution in [2.45, 2.75) is 12.8 Å². The molecule has 0 aromatic rings. The van der Waals surface area contributed by atoms with E-state index in [-0.39, 0.29) is 28.5 Å². The monoisotopic (exact) mass is 281 g/mol. The Kier molecular flexibility index (Phi) is 6.54. The first-order chi connectivity index (χ1) is 2.79. The van der Waals surface area contributed by atoms with Crippen LogP contribution in [0.15, 0.2) is 0 Å². The molecule has 1 rings (SSSR count). The summed E-state index contributed by atoms with van der Waals surface area (Å²) in [5.74, 6) is 1.46. The van der Waals surface area contributed by atoms with E-state index < -0.39 is 0 Å². The summed E-state index contributed by atoms with van der Waals surface area (Å²) < 4.78 is 0. The molecule has 0 heterocycles. The second-order valence-electron chi connectivity index (χ2n) is 2.20. The van der Waals surface area contributed by atoms with Gasteiger partial charge in [-0.2, -0.15) is 11.8 Å². The molecule has 1 fully saturated rings. The van der Waals surface area contributed by atoms with Gasteiger partial charge < -0.3 is 21.3 Å². The first-order valence-corrected chi connectivity index (χ1v) is 2.45. The summed E-state index contributed by atoms with van der Waals surface area (Å²) in [5, 5.41) is 0. The minimum Gasteiger partial charge on any atom is -0.358 e. The van der Waals surface area contributed by atoms with Crippen LogP contribution in [0.3, 0.4) is 0 Å². The number of rotatable bonds is 0. The summed E-state index contributed by atoms with van der Waals surface area (Å²) >= 11 is 0. The quantitative estimate of drug-likeness (QED) is 0.597. The van der Waals surface area contributed by atoms with Gasteiger partial charge in [0, 0.05) is 21.1 Å². The van der Waals surface area contributed by atoms with Gasteiger partial charge in [0.05, 0.1) is 0 Å². The third kappa shape index (κ3) is 2.87. The third-order valence-corrected chi connectivity index (χ3v) is 1.33. The topological polar surface area (TPSA) is 0 Å². The van der Waals surface area contributed by atoms with E-state index in [0.29, 0.717) is 0 Å². The van der Waals surface area contributed by atoms with Crippen molar-refractivity contribution >= 4 is 0 Å². The second kappa shape index (κ2) is 4.56. The normalized spacial score (nSPS) is 33.8. The van der Waals surface area contributed by atoms with Gasteiger partial charge in [-0.25, -0.2) is 0 Å². The van der Waals surface area contributed by atoms with Gasteiger partial charge in [-0.1, -0.05) is 0 Å².